The molecule has 0 spiro atoms. The van der Waals surface area contributed by atoms with Crippen LogP contribution in [0.5, 0.6) is 0 Å². The van der Waals surface area contributed by atoms with E-state index in [1.165, 1.54) is 12.1 Å². The van der Waals surface area contributed by atoms with Gasteiger partial charge in [0.05, 0.1) is 17.5 Å². The number of piperidine rings is 1. The minimum atomic E-state index is -0.580. The summed E-state index contributed by atoms with van der Waals surface area (Å²) < 4.78 is 14.0. The molecule has 0 radical (unpaired) electrons. The van der Waals surface area contributed by atoms with E-state index < -0.39 is 5.82 Å². The molecule has 2 atom stereocenters. The molecule has 3 rings (SSSR count). The van der Waals surface area contributed by atoms with Crippen LogP contribution in [0.2, 0.25) is 0 Å². The average Bonchev–Trinajstić information content (AvgIpc) is 2.81. The number of carbonyl (C=O) groups is 2. The van der Waals surface area contributed by atoms with Crippen LogP contribution < -0.4 is 10.6 Å². The van der Waals surface area contributed by atoms with Gasteiger partial charge in [-0.15, -0.1) is 0 Å². The molecule has 5 heteroatoms. The maximum Gasteiger partial charge on any atom is 0.238 e. The molecule has 2 aliphatic rings. The van der Waals surface area contributed by atoms with Gasteiger partial charge in [0, 0.05) is 6.54 Å². The molecule has 1 aliphatic carbocycles. The highest BCUT2D eigenvalue weighted by Crippen LogP contribution is 2.63. The Morgan fingerprint density at radius 1 is 1.26 bits per heavy atom. The zero-order chi connectivity index (χ0) is 13.9. The first-order valence-electron chi connectivity index (χ1n) is 6.26. The second-order valence-corrected chi connectivity index (χ2v) is 5.78. The number of nitrogens with two attached hydrogens (primary N) is 1. The van der Waals surface area contributed by atoms with Crippen molar-refractivity contribution >= 4 is 17.5 Å². The number of amides is 2. The summed E-state index contributed by atoms with van der Waals surface area (Å²) in [5, 5.41) is 0. The highest BCUT2D eigenvalue weighted by atomic mass is 19.1. The van der Waals surface area contributed by atoms with Crippen LogP contribution in [0.15, 0.2) is 18.2 Å². The Morgan fingerprint density at radius 3 is 2.32 bits per heavy atom. The maximum atomic E-state index is 14.0. The smallest absolute Gasteiger partial charge is 0.238 e. The summed E-state index contributed by atoms with van der Waals surface area (Å²) >= 11 is 0. The molecule has 1 saturated carbocycles. The van der Waals surface area contributed by atoms with Gasteiger partial charge < -0.3 is 5.73 Å². The van der Waals surface area contributed by atoms with Crippen LogP contribution in [-0.4, -0.2) is 11.8 Å². The average molecular weight is 262 g/mol. The Morgan fingerprint density at radius 2 is 1.84 bits per heavy atom. The summed E-state index contributed by atoms with van der Waals surface area (Å²) in [5.41, 5.74) is 5.82. The highest BCUT2D eigenvalue weighted by molar-refractivity contribution is 6.25. The Balaban J connectivity index is 1.97. The molecule has 0 aromatic heterocycles. The van der Waals surface area contributed by atoms with E-state index in [0.29, 0.717) is 5.56 Å². The number of hydrogen-bond acceptors (Lipinski definition) is 3. The van der Waals surface area contributed by atoms with Gasteiger partial charge in [-0.25, -0.2) is 9.29 Å². The zero-order valence-electron chi connectivity index (χ0n) is 10.8. The molecule has 1 aliphatic heterocycles. The second-order valence-electron chi connectivity index (χ2n) is 5.78. The fourth-order valence-electron chi connectivity index (χ4n) is 3.04. The molecule has 19 heavy (non-hydrogen) atoms. The number of fused-ring (bicyclic) bond motifs is 1. The van der Waals surface area contributed by atoms with Crippen LogP contribution >= 0.6 is 0 Å². The maximum absolute atomic E-state index is 14.0. The minimum absolute atomic E-state index is 0.0372. The molecule has 2 fully saturated rings. The first-order valence-corrected chi connectivity index (χ1v) is 6.26. The summed E-state index contributed by atoms with van der Waals surface area (Å²) in [6.45, 7) is 4.00. The molecule has 4 nitrogen and oxygen atoms in total. The van der Waals surface area contributed by atoms with Gasteiger partial charge in [-0.2, -0.15) is 0 Å². The zero-order valence-corrected chi connectivity index (χ0v) is 10.8. The summed E-state index contributed by atoms with van der Waals surface area (Å²) in [5.74, 6) is -1.76. The van der Waals surface area contributed by atoms with Crippen LogP contribution in [-0.2, 0) is 16.1 Å². The third kappa shape index (κ3) is 1.48. The molecule has 1 aromatic carbocycles. The van der Waals surface area contributed by atoms with Crippen molar-refractivity contribution in [1.29, 1.82) is 0 Å². The number of benzene rings is 1. The van der Waals surface area contributed by atoms with E-state index in [1.807, 2.05) is 13.8 Å². The lowest BCUT2D eigenvalue weighted by Gasteiger charge is -2.21. The largest absolute Gasteiger partial charge is 0.326 e. The van der Waals surface area contributed by atoms with Crippen molar-refractivity contribution in [2.45, 2.75) is 20.4 Å². The topological polar surface area (TPSA) is 63.4 Å². The molecule has 2 amide bonds. The highest BCUT2D eigenvalue weighted by Gasteiger charge is 2.72. The molecular weight excluding hydrogens is 247 g/mol. The van der Waals surface area contributed by atoms with Gasteiger partial charge in [0.15, 0.2) is 0 Å². The lowest BCUT2D eigenvalue weighted by molar-refractivity contribution is -0.125. The molecule has 1 saturated heterocycles. The molecule has 0 bridgehead atoms. The van der Waals surface area contributed by atoms with Gasteiger partial charge in [-0.05, 0) is 23.1 Å². The summed E-state index contributed by atoms with van der Waals surface area (Å²) in [6, 6.07) is 4.35. The fourth-order valence-corrected chi connectivity index (χ4v) is 3.04. The van der Waals surface area contributed by atoms with Crippen LogP contribution in [0, 0.1) is 23.1 Å². The quantitative estimate of drug-likeness (QED) is 0.820. The Bertz CT molecular complexity index is 573. The summed E-state index contributed by atoms with van der Waals surface area (Å²) in [7, 11) is 0. The van der Waals surface area contributed by atoms with Gasteiger partial charge in [0.25, 0.3) is 0 Å². The standard InChI is InChI=1S/C14H15FN2O2/c1-14(2)10-11(14)13(19)17(12(10)18)9-4-3-7(6-16)5-8(9)15/h3-5,10-11H,6,16H2,1-2H3. The number of carbonyl (C=O) groups excluding carboxylic acids is 2. The summed E-state index contributed by atoms with van der Waals surface area (Å²) in [4.78, 5) is 25.4. The molecule has 2 unspecified atom stereocenters. The number of imide groups is 1. The van der Waals surface area contributed by atoms with E-state index in [2.05, 4.69) is 0 Å². The van der Waals surface area contributed by atoms with Crippen molar-refractivity contribution in [3.63, 3.8) is 0 Å². The number of halogens is 1. The van der Waals surface area contributed by atoms with Gasteiger partial charge in [0.1, 0.15) is 5.82 Å². The molecule has 1 heterocycles. The summed E-state index contributed by atoms with van der Waals surface area (Å²) in [6.07, 6.45) is 0. The van der Waals surface area contributed by atoms with Gasteiger partial charge in [0.2, 0.25) is 11.8 Å². The van der Waals surface area contributed by atoms with E-state index in [9.17, 15) is 14.0 Å². The van der Waals surface area contributed by atoms with Crippen LogP contribution in [0.1, 0.15) is 19.4 Å². The SMILES string of the molecule is CC1(C)C2C(=O)N(c3ccc(CN)cc3F)C(=O)C21. The van der Waals surface area contributed by atoms with Gasteiger partial charge >= 0.3 is 0 Å². The van der Waals surface area contributed by atoms with E-state index in [4.69, 9.17) is 5.73 Å². The fraction of sp³-hybridized carbons (Fsp3) is 0.429. The van der Waals surface area contributed by atoms with E-state index in [-0.39, 0.29) is 41.3 Å². The molecule has 1 aromatic rings. The first kappa shape index (κ1) is 12.3. The van der Waals surface area contributed by atoms with Crippen molar-refractivity contribution in [2.24, 2.45) is 23.0 Å². The van der Waals surface area contributed by atoms with Crippen molar-refractivity contribution in [3.8, 4) is 0 Å². The third-order valence-electron chi connectivity index (χ3n) is 4.29. The van der Waals surface area contributed by atoms with Crippen molar-refractivity contribution < 1.29 is 14.0 Å². The van der Waals surface area contributed by atoms with Crippen LogP contribution in [0.4, 0.5) is 10.1 Å². The van der Waals surface area contributed by atoms with Crippen LogP contribution in [0.25, 0.3) is 0 Å². The predicted octanol–water partition coefficient (Wildman–Crippen LogP) is 1.43. The van der Waals surface area contributed by atoms with Gasteiger partial charge in [-0.3, -0.25) is 9.59 Å². The molecule has 2 N–H and O–H groups in total. The Labute approximate surface area is 110 Å². The first-order chi connectivity index (χ1) is 8.89. The van der Waals surface area contributed by atoms with Crippen LogP contribution in [0.3, 0.4) is 0 Å². The van der Waals surface area contributed by atoms with Crippen molar-refractivity contribution in [2.75, 3.05) is 4.90 Å². The number of anilines is 1. The lowest BCUT2D eigenvalue weighted by atomic mass is 10.0. The predicted molar refractivity (Wildman–Crippen MR) is 67.5 cm³/mol. The third-order valence-corrected chi connectivity index (χ3v) is 4.29. The van der Waals surface area contributed by atoms with Crippen molar-refractivity contribution in [3.05, 3.63) is 29.6 Å². The molecule has 100 valence electrons. The second kappa shape index (κ2) is 3.63. The minimum Gasteiger partial charge on any atom is -0.326 e. The monoisotopic (exact) mass is 262 g/mol. The van der Waals surface area contributed by atoms with E-state index in [1.54, 1.807) is 6.07 Å². The van der Waals surface area contributed by atoms with E-state index in [0.717, 1.165) is 4.90 Å². The normalized spacial score (nSPS) is 27.7. The Kier molecular flexibility index (Phi) is 2.35. The number of nitrogens with zero attached hydrogens (tertiary/aromatic N) is 1. The molecular formula is C14H15FN2O2. The van der Waals surface area contributed by atoms with E-state index >= 15 is 0 Å². The number of hydrogen-bond donors (Lipinski definition) is 1. The Hall–Kier alpha value is -1.75. The van der Waals surface area contributed by atoms with Gasteiger partial charge in [-0.1, -0.05) is 19.9 Å². The van der Waals surface area contributed by atoms with Crippen molar-refractivity contribution in [1.82, 2.24) is 0 Å². The number of rotatable bonds is 2. The lowest BCUT2D eigenvalue weighted by Crippen LogP contribution is -2.36.